The third kappa shape index (κ3) is 4.81. The maximum atomic E-state index is 13.9. The second-order valence-corrected chi connectivity index (χ2v) is 9.74. The van der Waals surface area contributed by atoms with Crippen LogP contribution in [0.15, 0.2) is 23.1 Å². The number of piperidine rings is 1. The van der Waals surface area contributed by atoms with Gasteiger partial charge in [-0.25, -0.2) is 12.8 Å². The third-order valence-electron chi connectivity index (χ3n) is 4.42. The van der Waals surface area contributed by atoms with Crippen molar-refractivity contribution in [1.29, 1.82) is 0 Å². The SMILES string of the molecule is CC(C)(C)C(=O)N1CCC(C(=O)Nc2cc(S(C)(=O)=O)ccc2F)CC1. The van der Waals surface area contributed by atoms with Gasteiger partial charge in [-0.15, -0.1) is 0 Å². The van der Waals surface area contributed by atoms with Crippen LogP contribution in [0.3, 0.4) is 0 Å². The van der Waals surface area contributed by atoms with E-state index in [9.17, 15) is 22.4 Å². The number of nitrogens with one attached hydrogen (secondary N) is 1. The summed E-state index contributed by atoms with van der Waals surface area (Å²) in [5.74, 6) is -1.35. The molecule has 0 spiro atoms. The average Bonchev–Trinajstić information content (AvgIpc) is 2.54. The summed E-state index contributed by atoms with van der Waals surface area (Å²) in [5.41, 5.74) is -0.615. The van der Waals surface area contributed by atoms with Gasteiger partial charge in [0.25, 0.3) is 0 Å². The molecule has 26 heavy (non-hydrogen) atoms. The van der Waals surface area contributed by atoms with E-state index < -0.39 is 21.1 Å². The van der Waals surface area contributed by atoms with Crippen molar-refractivity contribution in [2.24, 2.45) is 11.3 Å². The van der Waals surface area contributed by atoms with Crippen LogP contribution in [-0.4, -0.2) is 44.5 Å². The fourth-order valence-corrected chi connectivity index (χ4v) is 3.53. The van der Waals surface area contributed by atoms with E-state index >= 15 is 0 Å². The molecule has 1 aliphatic rings. The second-order valence-electron chi connectivity index (χ2n) is 7.72. The Morgan fingerprint density at radius 1 is 1.19 bits per heavy atom. The second kappa shape index (κ2) is 7.34. The van der Waals surface area contributed by atoms with Gasteiger partial charge in [-0.2, -0.15) is 0 Å². The molecule has 1 fully saturated rings. The maximum Gasteiger partial charge on any atom is 0.227 e. The van der Waals surface area contributed by atoms with Crippen molar-refractivity contribution in [3.8, 4) is 0 Å². The zero-order chi connectivity index (χ0) is 19.7. The Bertz CT molecular complexity index is 807. The number of halogens is 1. The lowest BCUT2D eigenvalue weighted by atomic mass is 9.90. The van der Waals surface area contributed by atoms with Crippen molar-refractivity contribution in [1.82, 2.24) is 4.90 Å². The predicted octanol–water partition coefficient (Wildman–Crippen LogP) is 2.45. The number of benzene rings is 1. The molecule has 1 aromatic rings. The van der Waals surface area contributed by atoms with Gasteiger partial charge >= 0.3 is 0 Å². The Labute approximate surface area is 153 Å². The van der Waals surface area contributed by atoms with Gasteiger partial charge in [-0.3, -0.25) is 9.59 Å². The van der Waals surface area contributed by atoms with Gasteiger partial charge in [0, 0.05) is 30.7 Å². The highest BCUT2D eigenvalue weighted by molar-refractivity contribution is 7.90. The molecular formula is C18H25FN2O4S. The lowest BCUT2D eigenvalue weighted by molar-refractivity contribution is -0.142. The first kappa shape index (κ1) is 20.4. The summed E-state index contributed by atoms with van der Waals surface area (Å²) >= 11 is 0. The minimum atomic E-state index is -3.50. The summed E-state index contributed by atoms with van der Waals surface area (Å²) in [4.78, 5) is 26.4. The molecule has 0 saturated carbocycles. The molecule has 144 valence electrons. The van der Waals surface area contributed by atoms with E-state index in [0.717, 1.165) is 24.5 Å². The lowest BCUT2D eigenvalue weighted by Crippen LogP contribution is -2.45. The molecule has 1 aliphatic heterocycles. The van der Waals surface area contributed by atoms with Crippen molar-refractivity contribution in [3.05, 3.63) is 24.0 Å². The van der Waals surface area contributed by atoms with Crippen molar-refractivity contribution in [3.63, 3.8) is 0 Å². The van der Waals surface area contributed by atoms with Gasteiger partial charge in [0.15, 0.2) is 9.84 Å². The smallest absolute Gasteiger partial charge is 0.227 e. The molecule has 0 atom stereocenters. The molecule has 0 aromatic heterocycles. The number of amides is 2. The van der Waals surface area contributed by atoms with Crippen molar-refractivity contribution >= 4 is 27.3 Å². The summed E-state index contributed by atoms with van der Waals surface area (Å²) in [6.45, 7) is 6.50. The minimum absolute atomic E-state index is 0.0447. The van der Waals surface area contributed by atoms with Crippen LogP contribution in [0.4, 0.5) is 10.1 Å². The summed E-state index contributed by atoms with van der Waals surface area (Å²) in [5, 5.41) is 2.48. The predicted molar refractivity (Wildman–Crippen MR) is 96.9 cm³/mol. The number of hydrogen-bond donors (Lipinski definition) is 1. The number of hydrogen-bond acceptors (Lipinski definition) is 4. The molecule has 6 nitrogen and oxygen atoms in total. The molecule has 1 N–H and O–H groups in total. The van der Waals surface area contributed by atoms with Crippen LogP contribution in [0.25, 0.3) is 0 Å². The number of nitrogens with zero attached hydrogens (tertiary/aromatic N) is 1. The van der Waals surface area contributed by atoms with Gasteiger partial charge < -0.3 is 10.2 Å². The Hall–Kier alpha value is -1.96. The summed E-state index contributed by atoms with van der Waals surface area (Å²) < 4.78 is 37.1. The number of carbonyl (C=O) groups is 2. The molecule has 1 saturated heterocycles. The van der Waals surface area contributed by atoms with Crippen LogP contribution in [0.1, 0.15) is 33.6 Å². The number of carbonyl (C=O) groups excluding carboxylic acids is 2. The van der Waals surface area contributed by atoms with E-state index in [-0.39, 0.29) is 28.3 Å². The van der Waals surface area contributed by atoms with Crippen LogP contribution in [-0.2, 0) is 19.4 Å². The molecule has 1 heterocycles. The number of anilines is 1. The molecule has 2 rings (SSSR count). The largest absolute Gasteiger partial charge is 0.342 e. The Kier molecular flexibility index (Phi) is 5.75. The molecule has 0 unspecified atom stereocenters. The molecule has 0 aliphatic carbocycles. The summed E-state index contributed by atoms with van der Waals surface area (Å²) in [6, 6.07) is 3.31. The number of likely N-dealkylation sites (tertiary alicyclic amines) is 1. The van der Waals surface area contributed by atoms with E-state index in [1.807, 2.05) is 20.8 Å². The third-order valence-corrected chi connectivity index (χ3v) is 5.53. The Morgan fingerprint density at radius 2 is 1.77 bits per heavy atom. The van der Waals surface area contributed by atoms with Crippen molar-refractivity contribution in [2.75, 3.05) is 24.7 Å². The van der Waals surface area contributed by atoms with Crippen LogP contribution in [0.2, 0.25) is 0 Å². The Balaban J connectivity index is 2.03. The maximum absolute atomic E-state index is 13.9. The summed E-state index contributed by atoms with van der Waals surface area (Å²) in [7, 11) is -3.50. The molecular weight excluding hydrogens is 359 g/mol. The van der Waals surface area contributed by atoms with Crippen LogP contribution in [0, 0.1) is 17.2 Å². The summed E-state index contributed by atoms with van der Waals surface area (Å²) in [6.07, 6.45) is 2.00. The van der Waals surface area contributed by atoms with Gasteiger partial charge in [-0.1, -0.05) is 20.8 Å². The highest BCUT2D eigenvalue weighted by Crippen LogP contribution is 2.26. The monoisotopic (exact) mass is 384 g/mol. The molecule has 0 radical (unpaired) electrons. The van der Waals surface area contributed by atoms with E-state index in [4.69, 9.17) is 0 Å². The standard InChI is InChI=1S/C18H25FN2O4S/c1-18(2,3)17(23)21-9-7-12(8-10-21)16(22)20-15-11-13(26(4,24)25)5-6-14(15)19/h5-6,11-12H,7-10H2,1-4H3,(H,20,22). The molecule has 2 amide bonds. The normalized spacial score (nSPS) is 16.4. The van der Waals surface area contributed by atoms with Crippen LogP contribution in [0.5, 0.6) is 0 Å². The quantitative estimate of drug-likeness (QED) is 0.812. The first-order valence-corrected chi connectivity index (χ1v) is 10.4. The van der Waals surface area contributed by atoms with Crippen molar-refractivity contribution < 1.29 is 22.4 Å². The van der Waals surface area contributed by atoms with Gasteiger partial charge in [0.2, 0.25) is 11.8 Å². The first-order valence-electron chi connectivity index (χ1n) is 8.49. The van der Waals surface area contributed by atoms with E-state index in [1.54, 1.807) is 4.90 Å². The highest BCUT2D eigenvalue weighted by Gasteiger charge is 2.32. The first-order chi connectivity index (χ1) is 11.9. The van der Waals surface area contributed by atoms with Gasteiger partial charge in [-0.05, 0) is 31.0 Å². The molecule has 0 bridgehead atoms. The molecule has 1 aromatic carbocycles. The highest BCUT2D eigenvalue weighted by atomic mass is 32.2. The zero-order valence-corrected chi connectivity index (χ0v) is 16.3. The van der Waals surface area contributed by atoms with Gasteiger partial charge in [0.05, 0.1) is 10.6 Å². The van der Waals surface area contributed by atoms with Crippen LogP contribution < -0.4 is 5.32 Å². The number of sulfone groups is 1. The molecule has 8 heteroatoms. The minimum Gasteiger partial charge on any atom is -0.342 e. The Morgan fingerprint density at radius 3 is 2.27 bits per heavy atom. The van der Waals surface area contributed by atoms with E-state index in [2.05, 4.69) is 5.32 Å². The zero-order valence-electron chi connectivity index (χ0n) is 15.5. The fraction of sp³-hybridized carbons (Fsp3) is 0.556. The average molecular weight is 384 g/mol. The van der Waals surface area contributed by atoms with E-state index in [0.29, 0.717) is 25.9 Å². The number of rotatable bonds is 3. The lowest BCUT2D eigenvalue weighted by Gasteiger charge is -2.35. The van der Waals surface area contributed by atoms with Crippen molar-refractivity contribution in [2.45, 2.75) is 38.5 Å². The topological polar surface area (TPSA) is 83.6 Å². The fourth-order valence-electron chi connectivity index (χ4n) is 2.88. The van der Waals surface area contributed by atoms with Crippen LogP contribution >= 0.6 is 0 Å². The van der Waals surface area contributed by atoms with Gasteiger partial charge in [0.1, 0.15) is 5.82 Å². The van der Waals surface area contributed by atoms with E-state index in [1.165, 1.54) is 0 Å².